The fraction of sp³-hybridized carbons (Fsp3) is 0.769. The number of carbonyl (C=O) groups excluding carboxylic acids is 1. The van der Waals surface area contributed by atoms with Crippen molar-refractivity contribution in [1.29, 1.82) is 0 Å². The van der Waals surface area contributed by atoms with Gasteiger partial charge in [-0.15, -0.1) is 6.58 Å². The summed E-state index contributed by atoms with van der Waals surface area (Å²) in [5, 5.41) is 0. The second-order valence-corrected chi connectivity index (χ2v) is 4.98. The van der Waals surface area contributed by atoms with Crippen molar-refractivity contribution >= 4 is 6.29 Å². The van der Waals surface area contributed by atoms with E-state index in [0.29, 0.717) is 11.8 Å². The third-order valence-corrected chi connectivity index (χ3v) is 4.45. The molecule has 2 rings (SSSR count). The zero-order chi connectivity index (χ0) is 10.0. The lowest BCUT2D eigenvalue weighted by Gasteiger charge is -2.49. The maximum atomic E-state index is 11.4. The first kappa shape index (κ1) is 9.95. The molecule has 0 saturated heterocycles. The van der Waals surface area contributed by atoms with Crippen molar-refractivity contribution in [1.82, 2.24) is 0 Å². The monoisotopic (exact) mass is 192 g/mol. The number of fused-ring (bicyclic) bond motifs is 2. The van der Waals surface area contributed by atoms with Crippen LogP contribution in [0.25, 0.3) is 0 Å². The van der Waals surface area contributed by atoms with Gasteiger partial charge in [0.05, 0.1) is 0 Å². The number of hydrogen-bond donors (Lipinski definition) is 0. The van der Waals surface area contributed by atoms with Crippen molar-refractivity contribution in [2.75, 3.05) is 0 Å². The largest absolute Gasteiger partial charge is 0.303 e. The molecule has 0 unspecified atom stereocenters. The van der Waals surface area contributed by atoms with Gasteiger partial charge < -0.3 is 4.79 Å². The molecule has 0 heterocycles. The van der Waals surface area contributed by atoms with E-state index in [0.717, 1.165) is 6.42 Å². The van der Waals surface area contributed by atoms with Crippen molar-refractivity contribution in [3.8, 4) is 0 Å². The van der Waals surface area contributed by atoms with Gasteiger partial charge in [-0.2, -0.15) is 0 Å². The Morgan fingerprint density at radius 3 is 2.00 bits per heavy atom. The molecule has 0 amide bonds. The summed E-state index contributed by atoms with van der Waals surface area (Å²) in [4.78, 5) is 11.4. The molecule has 2 aliphatic carbocycles. The first-order valence-electron chi connectivity index (χ1n) is 5.90. The fourth-order valence-electron chi connectivity index (χ4n) is 3.74. The molecular weight excluding hydrogens is 172 g/mol. The molecule has 0 radical (unpaired) electrons. The van der Waals surface area contributed by atoms with Crippen molar-refractivity contribution in [2.45, 2.75) is 44.9 Å². The van der Waals surface area contributed by atoms with E-state index in [4.69, 9.17) is 0 Å². The fourth-order valence-corrected chi connectivity index (χ4v) is 3.74. The third-order valence-electron chi connectivity index (χ3n) is 4.45. The summed E-state index contributed by atoms with van der Waals surface area (Å²) in [6, 6.07) is 0. The molecule has 0 aliphatic heterocycles. The van der Waals surface area contributed by atoms with Gasteiger partial charge in [-0.25, -0.2) is 0 Å². The van der Waals surface area contributed by atoms with Crippen LogP contribution >= 0.6 is 0 Å². The van der Waals surface area contributed by atoms with Crippen LogP contribution in [0.4, 0.5) is 0 Å². The van der Waals surface area contributed by atoms with Crippen LogP contribution in [-0.2, 0) is 4.79 Å². The highest BCUT2D eigenvalue weighted by molar-refractivity contribution is 5.61. The summed E-state index contributed by atoms with van der Waals surface area (Å²) in [5.74, 6) is 1.32. The van der Waals surface area contributed by atoms with Crippen LogP contribution in [0, 0.1) is 17.3 Å². The lowest BCUT2D eigenvalue weighted by atomic mass is 9.54. The maximum Gasteiger partial charge on any atom is 0.127 e. The Balaban J connectivity index is 2.27. The number of aldehydes is 1. The Hall–Kier alpha value is -0.590. The number of rotatable bonds is 3. The summed E-state index contributed by atoms with van der Waals surface area (Å²) in [6.07, 6.45) is 11.9. The highest BCUT2D eigenvalue weighted by atomic mass is 16.1. The number of hydrogen-bond acceptors (Lipinski definition) is 1. The van der Waals surface area contributed by atoms with Gasteiger partial charge in [0.15, 0.2) is 0 Å². The van der Waals surface area contributed by atoms with Crippen LogP contribution in [0.3, 0.4) is 0 Å². The Labute approximate surface area is 86.6 Å². The second kappa shape index (κ2) is 3.88. The summed E-state index contributed by atoms with van der Waals surface area (Å²) >= 11 is 0. The average molecular weight is 192 g/mol. The minimum absolute atomic E-state index is 0.0156. The standard InChI is InChI=1S/C13H20O/c1-2-9-13(10-14)11-5-3-6-12(13)8-4-7-11/h2,10-12H,1,3-9H2. The van der Waals surface area contributed by atoms with E-state index in [-0.39, 0.29) is 5.41 Å². The van der Waals surface area contributed by atoms with Crippen molar-refractivity contribution in [2.24, 2.45) is 17.3 Å². The Bertz CT molecular complexity index is 209. The molecule has 2 saturated carbocycles. The molecule has 0 aromatic rings. The molecule has 2 bridgehead atoms. The van der Waals surface area contributed by atoms with Crippen LogP contribution in [0.5, 0.6) is 0 Å². The second-order valence-electron chi connectivity index (χ2n) is 4.98. The quantitative estimate of drug-likeness (QED) is 0.495. The Morgan fingerprint density at radius 2 is 1.64 bits per heavy atom. The minimum Gasteiger partial charge on any atom is -0.303 e. The predicted molar refractivity (Wildman–Crippen MR) is 58.0 cm³/mol. The molecular formula is C13H20O. The summed E-state index contributed by atoms with van der Waals surface area (Å²) in [7, 11) is 0. The smallest absolute Gasteiger partial charge is 0.127 e. The summed E-state index contributed by atoms with van der Waals surface area (Å²) in [6.45, 7) is 3.82. The van der Waals surface area contributed by atoms with Gasteiger partial charge in [-0.3, -0.25) is 0 Å². The zero-order valence-electron chi connectivity index (χ0n) is 8.87. The van der Waals surface area contributed by atoms with Gasteiger partial charge in [0.2, 0.25) is 0 Å². The molecule has 2 aliphatic rings. The molecule has 0 atom stereocenters. The normalized spacial score (nSPS) is 41.7. The van der Waals surface area contributed by atoms with Gasteiger partial charge in [-0.1, -0.05) is 18.9 Å². The molecule has 0 N–H and O–H groups in total. The molecule has 0 aromatic heterocycles. The van der Waals surface area contributed by atoms with Crippen LogP contribution in [-0.4, -0.2) is 6.29 Å². The van der Waals surface area contributed by atoms with Gasteiger partial charge >= 0.3 is 0 Å². The SMILES string of the molecule is C=CCC1(C=O)C2CCCC1CCC2. The Kier molecular flexibility index (Phi) is 2.76. The number of allylic oxidation sites excluding steroid dienone is 1. The van der Waals surface area contributed by atoms with Gasteiger partial charge in [0.1, 0.15) is 6.29 Å². The van der Waals surface area contributed by atoms with Crippen LogP contribution in [0.2, 0.25) is 0 Å². The van der Waals surface area contributed by atoms with Gasteiger partial charge in [0, 0.05) is 5.41 Å². The van der Waals surface area contributed by atoms with Crippen LogP contribution in [0.1, 0.15) is 44.9 Å². The van der Waals surface area contributed by atoms with E-state index in [9.17, 15) is 4.79 Å². The average Bonchev–Trinajstić information content (AvgIpc) is 2.17. The molecule has 1 nitrogen and oxygen atoms in total. The first-order valence-corrected chi connectivity index (χ1v) is 5.90. The van der Waals surface area contributed by atoms with Gasteiger partial charge in [0.25, 0.3) is 0 Å². The highest BCUT2D eigenvalue weighted by Gasteiger charge is 2.48. The van der Waals surface area contributed by atoms with E-state index in [1.807, 2.05) is 6.08 Å². The lowest BCUT2D eigenvalue weighted by Crippen LogP contribution is -2.45. The van der Waals surface area contributed by atoms with Crippen LogP contribution < -0.4 is 0 Å². The van der Waals surface area contributed by atoms with Crippen molar-refractivity contribution in [3.63, 3.8) is 0 Å². The molecule has 2 fully saturated rings. The first-order chi connectivity index (χ1) is 6.83. The Morgan fingerprint density at radius 1 is 1.14 bits per heavy atom. The lowest BCUT2D eigenvalue weighted by molar-refractivity contribution is -0.129. The van der Waals surface area contributed by atoms with Crippen molar-refractivity contribution in [3.05, 3.63) is 12.7 Å². The van der Waals surface area contributed by atoms with E-state index in [2.05, 4.69) is 6.58 Å². The maximum absolute atomic E-state index is 11.4. The third kappa shape index (κ3) is 1.34. The molecule has 1 heteroatoms. The van der Waals surface area contributed by atoms with Gasteiger partial charge in [-0.05, 0) is 43.9 Å². The summed E-state index contributed by atoms with van der Waals surface area (Å²) in [5.41, 5.74) is -0.0156. The van der Waals surface area contributed by atoms with Crippen molar-refractivity contribution < 1.29 is 4.79 Å². The molecule has 0 spiro atoms. The molecule has 14 heavy (non-hydrogen) atoms. The predicted octanol–water partition coefficient (Wildman–Crippen LogP) is 3.35. The topological polar surface area (TPSA) is 17.1 Å². The van der Waals surface area contributed by atoms with E-state index in [1.165, 1.54) is 44.8 Å². The zero-order valence-corrected chi connectivity index (χ0v) is 8.87. The molecule has 78 valence electrons. The number of carbonyl (C=O) groups is 1. The minimum atomic E-state index is -0.0156. The van der Waals surface area contributed by atoms with E-state index < -0.39 is 0 Å². The summed E-state index contributed by atoms with van der Waals surface area (Å²) < 4.78 is 0. The van der Waals surface area contributed by atoms with Crippen LogP contribution in [0.15, 0.2) is 12.7 Å². The highest BCUT2D eigenvalue weighted by Crippen LogP contribution is 2.53. The van der Waals surface area contributed by atoms with E-state index in [1.54, 1.807) is 0 Å². The van der Waals surface area contributed by atoms with E-state index >= 15 is 0 Å². The molecule has 0 aromatic carbocycles.